The molecule has 1 aliphatic heterocycles. The smallest absolute Gasteiger partial charge is 0.411 e. The number of rotatable bonds is 2. The first-order valence-electron chi connectivity index (χ1n) is 7.65. The summed E-state index contributed by atoms with van der Waals surface area (Å²) in [6.07, 6.45) is 1.14. The molecule has 0 bridgehead atoms. The monoisotopic (exact) mass is 299 g/mol. The second-order valence-corrected chi connectivity index (χ2v) is 7.69. The Hall–Kier alpha value is -1.26. The predicted octanol–water partition coefficient (Wildman–Crippen LogP) is 3.36. The van der Waals surface area contributed by atoms with E-state index in [0.717, 1.165) is 6.42 Å². The molecule has 0 radical (unpaired) electrons. The zero-order valence-electron chi connectivity index (χ0n) is 14.4. The maximum Gasteiger partial charge on any atom is 0.411 e. The van der Waals surface area contributed by atoms with Crippen molar-refractivity contribution in [2.75, 3.05) is 6.54 Å². The summed E-state index contributed by atoms with van der Waals surface area (Å²) in [6, 6.07) is -0.538. The maximum absolute atomic E-state index is 12.3. The quantitative estimate of drug-likeness (QED) is 0.734. The number of amides is 1. The van der Waals surface area contributed by atoms with Gasteiger partial charge in [0, 0.05) is 6.54 Å². The number of nitrogens with zero attached hydrogens (tertiary/aromatic N) is 1. The molecule has 122 valence electrons. The Morgan fingerprint density at radius 2 is 1.57 bits per heavy atom. The molecule has 1 heterocycles. The van der Waals surface area contributed by atoms with Gasteiger partial charge in [-0.2, -0.15) is 0 Å². The van der Waals surface area contributed by atoms with Gasteiger partial charge in [0.25, 0.3) is 0 Å². The van der Waals surface area contributed by atoms with Crippen molar-refractivity contribution in [3.05, 3.63) is 0 Å². The van der Waals surface area contributed by atoms with Gasteiger partial charge in [-0.05, 0) is 53.9 Å². The summed E-state index contributed by atoms with van der Waals surface area (Å²) in [5.74, 6) is -0.0284. The Labute approximate surface area is 128 Å². The Morgan fingerprint density at radius 3 is 2.00 bits per heavy atom. The lowest BCUT2D eigenvalue weighted by atomic mass is 10.0. The van der Waals surface area contributed by atoms with Crippen molar-refractivity contribution in [1.82, 2.24) is 4.90 Å². The highest BCUT2D eigenvalue weighted by Gasteiger charge is 2.42. The van der Waals surface area contributed by atoms with E-state index in [2.05, 4.69) is 6.92 Å². The molecule has 1 saturated heterocycles. The molecule has 5 heteroatoms. The molecule has 21 heavy (non-hydrogen) atoms. The fraction of sp³-hybridized carbons (Fsp3) is 0.875. The third-order valence-electron chi connectivity index (χ3n) is 3.27. The zero-order valence-corrected chi connectivity index (χ0v) is 14.4. The van der Waals surface area contributed by atoms with Gasteiger partial charge in [-0.15, -0.1) is 0 Å². The minimum atomic E-state index is -0.570. The molecule has 0 aromatic heterocycles. The lowest BCUT2D eigenvalue weighted by Gasteiger charge is -2.29. The van der Waals surface area contributed by atoms with Crippen LogP contribution in [0.25, 0.3) is 0 Å². The van der Waals surface area contributed by atoms with Gasteiger partial charge in [0.1, 0.15) is 17.2 Å². The molecule has 0 unspecified atom stereocenters. The summed E-state index contributed by atoms with van der Waals surface area (Å²) in [5.41, 5.74) is -1.12. The molecule has 0 N–H and O–H groups in total. The van der Waals surface area contributed by atoms with Gasteiger partial charge in [0.2, 0.25) is 0 Å². The zero-order chi connectivity index (χ0) is 16.4. The minimum Gasteiger partial charge on any atom is -0.458 e. The van der Waals surface area contributed by atoms with Crippen molar-refractivity contribution in [3.63, 3.8) is 0 Å². The van der Waals surface area contributed by atoms with Gasteiger partial charge in [0.05, 0.1) is 0 Å². The van der Waals surface area contributed by atoms with E-state index >= 15 is 0 Å². The van der Waals surface area contributed by atoms with E-state index < -0.39 is 23.3 Å². The largest absolute Gasteiger partial charge is 0.458 e. The number of carbonyl (C=O) groups is 2. The summed E-state index contributed by atoms with van der Waals surface area (Å²) < 4.78 is 10.8. The molecule has 1 aliphatic rings. The standard InChI is InChI=1S/C16H29NO4/c1-8-11-9-12(13(18)20-15(2,3)4)17(10-11)14(19)21-16(5,6)7/h11-12H,8-10H2,1-7H3/t11-,12-/m0/s1. The van der Waals surface area contributed by atoms with Crippen LogP contribution in [0, 0.1) is 5.92 Å². The second kappa shape index (κ2) is 6.24. The van der Waals surface area contributed by atoms with E-state index in [0.29, 0.717) is 18.9 Å². The Morgan fingerprint density at radius 1 is 1.05 bits per heavy atom. The molecule has 1 fully saturated rings. The van der Waals surface area contributed by atoms with Crippen molar-refractivity contribution >= 4 is 12.1 Å². The van der Waals surface area contributed by atoms with Crippen molar-refractivity contribution in [1.29, 1.82) is 0 Å². The van der Waals surface area contributed by atoms with Crippen LogP contribution >= 0.6 is 0 Å². The van der Waals surface area contributed by atoms with Crippen LogP contribution in [-0.2, 0) is 14.3 Å². The summed E-state index contributed by atoms with van der Waals surface area (Å²) in [5, 5.41) is 0. The van der Waals surface area contributed by atoms with Crippen molar-refractivity contribution in [2.45, 2.75) is 78.6 Å². The van der Waals surface area contributed by atoms with Crippen LogP contribution in [0.15, 0.2) is 0 Å². The highest BCUT2D eigenvalue weighted by molar-refractivity contribution is 5.82. The van der Waals surface area contributed by atoms with Crippen LogP contribution in [0.5, 0.6) is 0 Å². The Bertz CT molecular complexity index is 356. The fourth-order valence-electron chi connectivity index (χ4n) is 2.33. The van der Waals surface area contributed by atoms with E-state index in [-0.39, 0.29) is 5.97 Å². The van der Waals surface area contributed by atoms with Crippen LogP contribution in [0.3, 0.4) is 0 Å². The van der Waals surface area contributed by atoms with Crippen molar-refractivity contribution < 1.29 is 19.1 Å². The molecule has 1 amide bonds. The van der Waals surface area contributed by atoms with Gasteiger partial charge >= 0.3 is 12.1 Å². The van der Waals surface area contributed by atoms with Crippen LogP contribution in [-0.4, -0.2) is 40.8 Å². The average Bonchev–Trinajstić information content (AvgIpc) is 2.68. The number of hydrogen-bond donors (Lipinski definition) is 0. The first-order valence-corrected chi connectivity index (χ1v) is 7.65. The van der Waals surface area contributed by atoms with Gasteiger partial charge in [-0.25, -0.2) is 9.59 Å². The first-order chi connectivity index (χ1) is 9.43. The molecule has 0 spiro atoms. The highest BCUT2D eigenvalue weighted by Crippen LogP contribution is 2.29. The number of hydrogen-bond acceptors (Lipinski definition) is 4. The third-order valence-corrected chi connectivity index (χ3v) is 3.27. The van der Waals surface area contributed by atoms with Gasteiger partial charge < -0.3 is 9.47 Å². The van der Waals surface area contributed by atoms with E-state index in [1.807, 2.05) is 41.5 Å². The van der Waals surface area contributed by atoms with E-state index in [1.54, 1.807) is 0 Å². The maximum atomic E-state index is 12.3. The topological polar surface area (TPSA) is 55.8 Å². The average molecular weight is 299 g/mol. The van der Waals surface area contributed by atoms with E-state index in [1.165, 1.54) is 4.90 Å². The molecule has 0 aliphatic carbocycles. The molecule has 5 nitrogen and oxygen atoms in total. The number of carbonyl (C=O) groups excluding carboxylic acids is 2. The van der Waals surface area contributed by atoms with E-state index in [4.69, 9.17) is 9.47 Å². The second-order valence-electron chi connectivity index (χ2n) is 7.69. The Balaban J connectivity index is 2.83. The molecule has 2 atom stereocenters. The van der Waals surface area contributed by atoms with Crippen molar-refractivity contribution in [2.24, 2.45) is 5.92 Å². The molecular formula is C16H29NO4. The summed E-state index contributed by atoms with van der Waals surface area (Å²) in [6.45, 7) is 13.6. The summed E-state index contributed by atoms with van der Waals surface area (Å²) in [4.78, 5) is 26.2. The molecule has 0 aromatic rings. The molecular weight excluding hydrogens is 270 g/mol. The Kier molecular flexibility index (Phi) is 5.29. The van der Waals surface area contributed by atoms with Crippen LogP contribution in [0.1, 0.15) is 61.3 Å². The van der Waals surface area contributed by atoms with Crippen LogP contribution in [0.2, 0.25) is 0 Å². The molecule has 1 rings (SSSR count). The fourth-order valence-corrected chi connectivity index (χ4v) is 2.33. The number of ether oxygens (including phenoxy) is 2. The lowest BCUT2D eigenvalue weighted by Crippen LogP contribution is -2.45. The minimum absolute atomic E-state index is 0.315. The van der Waals surface area contributed by atoms with Crippen molar-refractivity contribution in [3.8, 4) is 0 Å². The van der Waals surface area contributed by atoms with Gasteiger partial charge in [-0.1, -0.05) is 13.3 Å². The number of likely N-dealkylation sites (tertiary alicyclic amines) is 1. The third kappa shape index (κ3) is 5.56. The van der Waals surface area contributed by atoms with E-state index in [9.17, 15) is 9.59 Å². The normalized spacial score (nSPS) is 23.1. The van der Waals surface area contributed by atoms with Gasteiger partial charge in [0.15, 0.2) is 0 Å². The lowest BCUT2D eigenvalue weighted by molar-refractivity contribution is -0.160. The predicted molar refractivity (Wildman–Crippen MR) is 81.0 cm³/mol. The molecule has 0 aromatic carbocycles. The van der Waals surface area contributed by atoms with Crippen LogP contribution < -0.4 is 0 Å². The van der Waals surface area contributed by atoms with Crippen LogP contribution in [0.4, 0.5) is 4.79 Å². The first kappa shape index (κ1) is 17.8. The number of esters is 1. The summed E-state index contributed by atoms with van der Waals surface area (Å²) >= 11 is 0. The highest BCUT2D eigenvalue weighted by atomic mass is 16.6. The van der Waals surface area contributed by atoms with Gasteiger partial charge in [-0.3, -0.25) is 4.90 Å². The SMILES string of the molecule is CC[C@H]1C[C@@H](C(=O)OC(C)(C)C)N(C(=O)OC(C)(C)C)C1. The molecule has 0 saturated carbocycles. The summed E-state index contributed by atoms with van der Waals surface area (Å²) in [7, 11) is 0.